The molecule has 2 heteroatoms. The lowest BCUT2D eigenvalue weighted by atomic mass is 9.99. The van der Waals surface area contributed by atoms with Gasteiger partial charge in [-0.1, -0.05) is 51.0 Å². The highest BCUT2D eigenvalue weighted by atomic mass is 32.2. The highest BCUT2D eigenvalue weighted by molar-refractivity contribution is 7.98. The first-order valence-corrected chi connectivity index (χ1v) is 7.89. The molecule has 1 N–H and O–H groups in total. The Labute approximate surface area is 109 Å². The molecule has 1 aromatic carbocycles. The van der Waals surface area contributed by atoms with Crippen molar-refractivity contribution in [1.82, 2.24) is 5.32 Å². The van der Waals surface area contributed by atoms with Crippen LogP contribution in [0.15, 0.2) is 24.3 Å². The number of rotatable bonds is 5. The van der Waals surface area contributed by atoms with Crippen LogP contribution >= 0.6 is 11.8 Å². The summed E-state index contributed by atoms with van der Waals surface area (Å²) in [5.74, 6) is 3.23. The van der Waals surface area contributed by atoms with Gasteiger partial charge in [0.25, 0.3) is 0 Å². The predicted octanol–water partition coefficient (Wildman–Crippen LogP) is 4.00. The first kappa shape index (κ1) is 13.0. The quantitative estimate of drug-likeness (QED) is 0.846. The molecule has 0 radical (unpaired) electrons. The van der Waals surface area contributed by atoms with E-state index in [9.17, 15) is 0 Å². The lowest BCUT2D eigenvalue weighted by Crippen LogP contribution is -2.30. The van der Waals surface area contributed by atoms with Crippen molar-refractivity contribution in [2.45, 2.75) is 38.5 Å². The number of thioether (sulfide) groups is 1. The van der Waals surface area contributed by atoms with Crippen LogP contribution in [0.2, 0.25) is 0 Å². The van der Waals surface area contributed by atoms with Gasteiger partial charge in [0.15, 0.2) is 0 Å². The molecule has 0 fully saturated rings. The number of nitrogens with one attached hydrogen (secondary N) is 1. The smallest absolute Gasteiger partial charge is 0.0415 e. The molecule has 1 nitrogen and oxygen atoms in total. The molecule has 0 aliphatic carbocycles. The first-order chi connectivity index (χ1) is 8.35. The van der Waals surface area contributed by atoms with Gasteiger partial charge in [-0.25, -0.2) is 0 Å². The van der Waals surface area contributed by atoms with Gasteiger partial charge in [0.2, 0.25) is 0 Å². The van der Waals surface area contributed by atoms with Gasteiger partial charge < -0.3 is 5.32 Å². The molecule has 1 aromatic rings. The summed E-state index contributed by atoms with van der Waals surface area (Å²) in [6, 6.07) is 9.45. The maximum Gasteiger partial charge on any atom is 0.0415 e. The minimum atomic E-state index is 0.561. The summed E-state index contributed by atoms with van der Waals surface area (Å²) >= 11 is 2.05. The molecule has 1 unspecified atom stereocenters. The Hall–Kier alpha value is -0.470. The van der Waals surface area contributed by atoms with Crippen LogP contribution in [0.3, 0.4) is 0 Å². The standard InChI is InChI=1S/C15H23NS/c1-3-12(4-2)9-16-15-11-17-10-13-7-5-6-8-14(13)15/h5-8,12,15-16H,3-4,9-11H2,1-2H3. The summed E-state index contributed by atoms with van der Waals surface area (Å²) in [7, 11) is 0. The predicted molar refractivity (Wildman–Crippen MR) is 77.4 cm³/mol. The highest BCUT2D eigenvalue weighted by Crippen LogP contribution is 2.31. The van der Waals surface area contributed by atoms with E-state index in [0.717, 1.165) is 12.5 Å². The third kappa shape index (κ3) is 3.26. The van der Waals surface area contributed by atoms with Crippen LogP contribution in [-0.4, -0.2) is 12.3 Å². The average Bonchev–Trinajstić information content (AvgIpc) is 2.40. The van der Waals surface area contributed by atoms with Crippen molar-refractivity contribution in [3.05, 3.63) is 35.4 Å². The van der Waals surface area contributed by atoms with Gasteiger partial charge in [0, 0.05) is 17.5 Å². The Morgan fingerprint density at radius 3 is 2.82 bits per heavy atom. The zero-order valence-corrected chi connectivity index (χ0v) is 11.7. The molecule has 1 aliphatic heterocycles. The molecule has 1 atom stereocenters. The molecule has 0 bridgehead atoms. The highest BCUT2D eigenvalue weighted by Gasteiger charge is 2.20. The fourth-order valence-electron chi connectivity index (χ4n) is 2.44. The van der Waals surface area contributed by atoms with Crippen LogP contribution in [0.4, 0.5) is 0 Å². The van der Waals surface area contributed by atoms with E-state index in [2.05, 4.69) is 55.2 Å². The van der Waals surface area contributed by atoms with Crippen LogP contribution in [0.1, 0.15) is 43.9 Å². The van der Waals surface area contributed by atoms with E-state index in [1.807, 2.05) is 0 Å². The molecule has 94 valence electrons. The van der Waals surface area contributed by atoms with E-state index in [4.69, 9.17) is 0 Å². The van der Waals surface area contributed by atoms with E-state index in [1.165, 1.54) is 35.5 Å². The maximum atomic E-state index is 3.76. The molecular formula is C15H23NS. The summed E-state index contributed by atoms with van der Waals surface area (Å²) in [6.45, 7) is 5.74. The molecule has 0 amide bonds. The zero-order valence-electron chi connectivity index (χ0n) is 10.9. The average molecular weight is 249 g/mol. The SMILES string of the molecule is CCC(CC)CNC1CSCc2ccccc21. The number of hydrogen-bond acceptors (Lipinski definition) is 2. The summed E-state index contributed by atoms with van der Waals surface area (Å²) in [6.07, 6.45) is 2.57. The van der Waals surface area contributed by atoms with Gasteiger partial charge >= 0.3 is 0 Å². The van der Waals surface area contributed by atoms with Crippen molar-refractivity contribution in [3.63, 3.8) is 0 Å². The molecule has 0 spiro atoms. The molecule has 0 aromatic heterocycles. The Bertz CT molecular complexity index is 347. The minimum absolute atomic E-state index is 0.561. The van der Waals surface area contributed by atoms with E-state index < -0.39 is 0 Å². The van der Waals surface area contributed by atoms with Crippen molar-refractivity contribution in [2.24, 2.45) is 5.92 Å². The van der Waals surface area contributed by atoms with E-state index in [0.29, 0.717) is 6.04 Å². The van der Waals surface area contributed by atoms with Gasteiger partial charge in [0.1, 0.15) is 0 Å². The number of hydrogen-bond donors (Lipinski definition) is 1. The first-order valence-electron chi connectivity index (χ1n) is 6.74. The van der Waals surface area contributed by atoms with Crippen molar-refractivity contribution in [2.75, 3.05) is 12.3 Å². The van der Waals surface area contributed by atoms with E-state index in [1.54, 1.807) is 0 Å². The van der Waals surface area contributed by atoms with Crippen molar-refractivity contribution in [1.29, 1.82) is 0 Å². The Kier molecular flexibility index (Phi) is 4.93. The topological polar surface area (TPSA) is 12.0 Å². The second-order valence-corrected chi connectivity index (χ2v) is 5.89. The minimum Gasteiger partial charge on any atom is -0.309 e. The molecular weight excluding hydrogens is 226 g/mol. The van der Waals surface area contributed by atoms with Gasteiger partial charge in [0.05, 0.1) is 0 Å². The molecule has 0 saturated carbocycles. The van der Waals surface area contributed by atoms with Crippen LogP contribution in [0.25, 0.3) is 0 Å². The molecule has 1 heterocycles. The molecule has 0 saturated heterocycles. The Balaban J connectivity index is 1.99. The fraction of sp³-hybridized carbons (Fsp3) is 0.600. The van der Waals surface area contributed by atoms with Gasteiger partial charge in [-0.15, -0.1) is 0 Å². The third-order valence-electron chi connectivity index (χ3n) is 3.78. The van der Waals surface area contributed by atoms with E-state index in [-0.39, 0.29) is 0 Å². The number of fused-ring (bicyclic) bond motifs is 1. The van der Waals surface area contributed by atoms with Crippen LogP contribution in [0, 0.1) is 5.92 Å². The second-order valence-electron chi connectivity index (χ2n) is 4.86. The molecule has 1 aliphatic rings. The van der Waals surface area contributed by atoms with Crippen LogP contribution < -0.4 is 5.32 Å². The van der Waals surface area contributed by atoms with Gasteiger partial charge in [-0.2, -0.15) is 11.8 Å². The van der Waals surface area contributed by atoms with Gasteiger partial charge in [-0.05, 0) is 23.6 Å². The zero-order chi connectivity index (χ0) is 12.1. The summed E-state index contributed by atoms with van der Waals surface area (Å²) in [4.78, 5) is 0. The largest absolute Gasteiger partial charge is 0.309 e. The van der Waals surface area contributed by atoms with Crippen LogP contribution in [-0.2, 0) is 5.75 Å². The number of benzene rings is 1. The monoisotopic (exact) mass is 249 g/mol. The fourth-order valence-corrected chi connectivity index (χ4v) is 3.57. The lowest BCUT2D eigenvalue weighted by molar-refractivity contribution is 0.423. The summed E-state index contributed by atoms with van der Waals surface area (Å²) in [5, 5.41) is 3.76. The van der Waals surface area contributed by atoms with Crippen molar-refractivity contribution >= 4 is 11.8 Å². The Morgan fingerprint density at radius 1 is 1.29 bits per heavy atom. The maximum absolute atomic E-state index is 3.76. The van der Waals surface area contributed by atoms with Crippen LogP contribution in [0.5, 0.6) is 0 Å². The second kappa shape index (κ2) is 6.46. The normalized spacial score (nSPS) is 19.4. The molecule has 2 rings (SSSR count). The lowest BCUT2D eigenvalue weighted by Gasteiger charge is -2.27. The Morgan fingerprint density at radius 2 is 2.06 bits per heavy atom. The van der Waals surface area contributed by atoms with Crippen molar-refractivity contribution < 1.29 is 0 Å². The summed E-state index contributed by atoms with van der Waals surface area (Å²) < 4.78 is 0. The van der Waals surface area contributed by atoms with Crippen molar-refractivity contribution in [3.8, 4) is 0 Å². The van der Waals surface area contributed by atoms with E-state index >= 15 is 0 Å². The third-order valence-corrected chi connectivity index (χ3v) is 4.86. The summed E-state index contributed by atoms with van der Waals surface area (Å²) in [5.41, 5.74) is 3.04. The molecule has 17 heavy (non-hydrogen) atoms. The van der Waals surface area contributed by atoms with Gasteiger partial charge in [-0.3, -0.25) is 0 Å².